The lowest BCUT2D eigenvalue weighted by Gasteiger charge is -2.22. The lowest BCUT2D eigenvalue weighted by Crippen LogP contribution is -2.10. The van der Waals surface area contributed by atoms with E-state index in [0.29, 0.717) is 0 Å². The summed E-state index contributed by atoms with van der Waals surface area (Å²) >= 11 is 0. The molecule has 0 saturated carbocycles. The molecule has 0 heterocycles. The second-order valence-electron chi connectivity index (χ2n) is 12.9. The predicted molar refractivity (Wildman–Crippen MR) is 184 cm³/mol. The number of rotatable bonds is 3. The second-order valence-corrected chi connectivity index (χ2v) is 12.9. The van der Waals surface area contributed by atoms with Crippen LogP contribution in [0.5, 0.6) is 0 Å². The molecule has 8 rings (SSSR count). The first kappa shape index (κ1) is 25.7. The van der Waals surface area contributed by atoms with Crippen molar-refractivity contribution in [3.8, 4) is 33.4 Å². The maximum Gasteiger partial charge on any atom is 0.0352 e. The number of benzene rings is 7. The fourth-order valence-corrected chi connectivity index (χ4v) is 7.28. The van der Waals surface area contributed by atoms with Crippen LogP contribution in [0.15, 0.2) is 146 Å². The fraction of sp³-hybridized carbons (Fsp3) is 0.116. The third-order valence-electron chi connectivity index (χ3n) is 9.29. The number of hydrogen-bond donors (Lipinski definition) is 0. The van der Waals surface area contributed by atoms with Gasteiger partial charge in [0.05, 0.1) is 0 Å². The van der Waals surface area contributed by atoms with E-state index in [4.69, 9.17) is 0 Å². The summed E-state index contributed by atoms with van der Waals surface area (Å²) in [5, 5.41) is 5.18. The Kier molecular flexibility index (Phi) is 5.88. The SMILES string of the molecule is CC(C)(C)c1cccc(-c2c3ccccc3c(-c3cccc(C4c5ccccc5-c5ccccc54)c3)c3ccccc23)c1. The van der Waals surface area contributed by atoms with Crippen LogP contribution in [-0.2, 0) is 5.41 Å². The monoisotopic (exact) mass is 550 g/mol. The van der Waals surface area contributed by atoms with E-state index in [9.17, 15) is 0 Å². The molecule has 7 aromatic carbocycles. The lowest BCUT2D eigenvalue weighted by atomic mass is 9.82. The Morgan fingerprint density at radius 2 is 0.860 bits per heavy atom. The Bertz CT molecular complexity index is 2070. The maximum absolute atomic E-state index is 2.44. The lowest BCUT2D eigenvalue weighted by molar-refractivity contribution is 0.590. The highest BCUT2D eigenvalue weighted by atomic mass is 14.3. The van der Waals surface area contributed by atoms with Crippen LogP contribution in [0.25, 0.3) is 54.9 Å². The molecular weight excluding hydrogens is 516 g/mol. The third kappa shape index (κ3) is 4.13. The molecule has 0 spiro atoms. The van der Waals surface area contributed by atoms with Gasteiger partial charge in [-0.25, -0.2) is 0 Å². The fourth-order valence-electron chi connectivity index (χ4n) is 7.28. The van der Waals surface area contributed by atoms with Crippen molar-refractivity contribution in [2.45, 2.75) is 32.1 Å². The summed E-state index contributed by atoms with van der Waals surface area (Å²) in [6.45, 7) is 6.87. The first-order valence-electron chi connectivity index (χ1n) is 15.3. The summed E-state index contributed by atoms with van der Waals surface area (Å²) in [4.78, 5) is 0. The highest BCUT2D eigenvalue weighted by Gasteiger charge is 2.29. The summed E-state index contributed by atoms with van der Waals surface area (Å²) < 4.78 is 0. The van der Waals surface area contributed by atoms with Gasteiger partial charge < -0.3 is 0 Å². The first-order valence-corrected chi connectivity index (χ1v) is 15.3. The molecule has 0 nitrogen and oxygen atoms in total. The standard InChI is InChI=1S/C43H34/c1-43(2,3)31-17-13-16-30(27-31)42-38-24-10-8-22-36(38)41(37-23-9-11-25-39(37)42)29-15-12-14-28(26-29)40-34-20-6-4-18-32(34)33-19-5-7-21-35(33)40/h4-27,40H,1-3H3. The van der Waals surface area contributed by atoms with E-state index in [2.05, 4.69) is 166 Å². The molecule has 0 aromatic heterocycles. The molecule has 1 aliphatic carbocycles. The molecule has 0 fully saturated rings. The van der Waals surface area contributed by atoms with Crippen LogP contribution in [0.2, 0.25) is 0 Å². The van der Waals surface area contributed by atoms with E-state index in [-0.39, 0.29) is 11.3 Å². The van der Waals surface area contributed by atoms with Gasteiger partial charge >= 0.3 is 0 Å². The van der Waals surface area contributed by atoms with Gasteiger partial charge in [-0.15, -0.1) is 0 Å². The molecule has 0 N–H and O–H groups in total. The summed E-state index contributed by atoms with van der Waals surface area (Å²) in [5.41, 5.74) is 13.4. The van der Waals surface area contributed by atoms with Crippen molar-refractivity contribution < 1.29 is 0 Å². The van der Waals surface area contributed by atoms with Crippen LogP contribution in [0.1, 0.15) is 48.9 Å². The molecule has 0 saturated heterocycles. The van der Waals surface area contributed by atoms with Gasteiger partial charge in [-0.3, -0.25) is 0 Å². The van der Waals surface area contributed by atoms with Crippen molar-refractivity contribution in [2.75, 3.05) is 0 Å². The second kappa shape index (κ2) is 9.82. The summed E-state index contributed by atoms with van der Waals surface area (Å²) in [6, 6.07) is 54.2. The minimum atomic E-state index is 0.0828. The molecule has 0 amide bonds. The highest BCUT2D eigenvalue weighted by Crippen LogP contribution is 2.49. The van der Waals surface area contributed by atoms with Crippen LogP contribution >= 0.6 is 0 Å². The molecule has 0 atom stereocenters. The molecule has 206 valence electrons. The maximum atomic E-state index is 2.44. The van der Waals surface area contributed by atoms with Crippen LogP contribution in [0.4, 0.5) is 0 Å². The zero-order valence-corrected chi connectivity index (χ0v) is 24.9. The summed E-state index contributed by atoms with van der Waals surface area (Å²) in [5.74, 6) is 0.226. The third-order valence-corrected chi connectivity index (χ3v) is 9.29. The molecule has 0 aliphatic heterocycles. The van der Waals surface area contributed by atoms with E-state index in [1.54, 1.807) is 0 Å². The Labute approximate surface area is 254 Å². The average molecular weight is 551 g/mol. The molecule has 43 heavy (non-hydrogen) atoms. The molecule has 0 radical (unpaired) electrons. The molecule has 0 unspecified atom stereocenters. The Morgan fingerprint density at radius 3 is 1.37 bits per heavy atom. The van der Waals surface area contributed by atoms with Crippen LogP contribution in [-0.4, -0.2) is 0 Å². The minimum absolute atomic E-state index is 0.0828. The van der Waals surface area contributed by atoms with Crippen LogP contribution in [0, 0.1) is 0 Å². The van der Waals surface area contributed by atoms with Crippen molar-refractivity contribution in [3.05, 3.63) is 168 Å². The highest BCUT2D eigenvalue weighted by molar-refractivity contribution is 6.21. The quantitative estimate of drug-likeness (QED) is 0.192. The van der Waals surface area contributed by atoms with E-state index in [0.717, 1.165) is 0 Å². The van der Waals surface area contributed by atoms with Gasteiger partial charge in [-0.05, 0) is 82.6 Å². The topological polar surface area (TPSA) is 0 Å². The van der Waals surface area contributed by atoms with Gasteiger partial charge in [0.25, 0.3) is 0 Å². The van der Waals surface area contributed by atoms with Gasteiger partial charge in [0.2, 0.25) is 0 Å². The molecule has 0 heteroatoms. The van der Waals surface area contributed by atoms with Crippen LogP contribution < -0.4 is 0 Å². The van der Waals surface area contributed by atoms with Gasteiger partial charge in [0.15, 0.2) is 0 Å². The van der Waals surface area contributed by atoms with Crippen molar-refractivity contribution in [1.82, 2.24) is 0 Å². The Balaban J connectivity index is 1.38. The van der Waals surface area contributed by atoms with Crippen molar-refractivity contribution in [1.29, 1.82) is 0 Å². The van der Waals surface area contributed by atoms with E-state index in [1.807, 2.05) is 0 Å². The van der Waals surface area contributed by atoms with E-state index < -0.39 is 0 Å². The van der Waals surface area contributed by atoms with E-state index >= 15 is 0 Å². The summed E-state index contributed by atoms with van der Waals surface area (Å²) in [7, 11) is 0. The number of fused-ring (bicyclic) bond motifs is 5. The number of hydrogen-bond acceptors (Lipinski definition) is 0. The normalized spacial score (nSPS) is 12.9. The largest absolute Gasteiger partial charge is 0.0619 e. The summed E-state index contributed by atoms with van der Waals surface area (Å²) in [6.07, 6.45) is 0. The smallest absolute Gasteiger partial charge is 0.0352 e. The first-order chi connectivity index (χ1) is 21.0. The van der Waals surface area contributed by atoms with Gasteiger partial charge in [0, 0.05) is 5.92 Å². The molecule has 0 bridgehead atoms. The molecule has 7 aromatic rings. The predicted octanol–water partition coefficient (Wildman–Crippen LogP) is 11.8. The van der Waals surface area contributed by atoms with E-state index in [1.165, 1.54) is 77.2 Å². The molecular formula is C43H34. The van der Waals surface area contributed by atoms with Gasteiger partial charge in [0.1, 0.15) is 0 Å². The van der Waals surface area contributed by atoms with Gasteiger partial charge in [-0.2, -0.15) is 0 Å². The molecule has 1 aliphatic rings. The van der Waals surface area contributed by atoms with Crippen molar-refractivity contribution in [2.24, 2.45) is 0 Å². The zero-order chi connectivity index (χ0) is 29.1. The van der Waals surface area contributed by atoms with Crippen molar-refractivity contribution >= 4 is 21.5 Å². The van der Waals surface area contributed by atoms with Crippen molar-refractivity contribution in [3.63, 3.8) is 0 Å². The Hall–Kier alpha value is -4.94. The van der Waals surface area contributed by atoms with Crippen LogP contribution in [0.3, 0.4) is 0 Å². The average Bonchev–Trinajstić information content (AvgIpc) is 3.38. The Morgan fingerprint density at radius 1 is 0.419 bits per heavy atom. The van der Waals surface area contributed by atoms with Gasteiger partial charge in [-0.1, -0.05) is 166 Å². The zero-order valence-electron chi connectivity index (χ0n) is 24.9. The minimum Gasteiger partial charge on any atom is -0.0619 e.